The number of nitrogens with zero attached hydrogens (tertiary/aromatic N) is 4. The van der Waals surface area contributed by atoms with Crippen LogP contribution in [0.3, 0.4) is 0 Å². The van der Waals surface area contributed by atoms with Crippen LogP contribution in [0.2, 0.25) is 0 Å². The van der Waals surface area contributed by atoms with E-state index in [0.717, 1.165) is 12.2 Å². The van der Waals surface area contributed by atoms with Gasteiger partial charge in [0.1, 0.15) is 0 Å². The molecule has 3 N–H and O–H groups in total. The average Bonchev–Trinajstić information content (AvgIpc) is 2.70. The van der Waals surface area contributed by atoms with Crippen molar-refractivity contribution in [2.24, 2.45) is 10.9 Å². The number of aryl methyl sites for hydroxylation is 1. The number of fused-ring (bicyclic) bond motifs is 1. The maximum Gasteiger partial charge on any atom is 0.173 e. The number of hydrogen-bond donors (Lipinski definition) is 2. The monoisotopic (exact) mass is 205 g/mol. The van der Waals surface area contributed by atoms with E-state index >= 15 is 0 Å². The van der Waals surface area contributed by atoms with Gasteiger partial charge in [-0.3, -0.25) is 0 Å². The molecule has 6 nitrogen and oxygen atoms in total. The van der Waals surface area contributed by atoms with Gasteiger partial charge in [0.25, 0.3) is 0 Å². The predicted octanol–water partition coefficient (Wildman–Crippen LogP) is 0.386. The number of oxime groups is 1. The molecule has 0 radical (unpaired) electrons. The van der Waals surface area contributed by atoms with Crippen molar-refractivity contribution in [1.29, 1.82) is 0 Å². The van der Waals surface area contributed by atoms with Crippen molar-refractivity contribution >= 4 is 11.5 Å². The second-order valence-electron chi connectivity index (χ2n) is 3.06. The standard InChI is InChI=1S/C9H11N5O/c1-2-7-11-9-6(8(10)13-15)4-3-5-14(9)12-7/h3-5,15H,2H2,1H3,(H2,10,13). The van der Waals surface area contributed by atoms with Gasteiger partial charge in [-0.2, -0.15) is 5.10 Å². The van der Waals surface area contributed by atoms with Gasteiger partial charge in [-0.05, 0) is 12.1 Å². The molecule has 0 spiro atoms. The molecule has 0 aliphatic heterocycles. The van der Waals surface area contributed by atoms with Crippen molar-refractivity contribution in [2.45, 2.75) is 13.3 Å². The van der Waals surface area contributed by atoms with Crippen LogP contribution in [0.4, 0.5) is 0 Å². The van der Waals surface area contributed by atoms with Crippen molar-refractivity contribution < 1.29 is 5.21 Å². The Hall–Kier alpha value is -2.11. The molecule has 2 rings (SSSR count). The van der Waals surface area contributed by atoms with Crippen LogP contribution in [0.5, 0.6) is 0 Å². The molecule has 0 fully saturated rings. The van der Waals surface area contributed by atoms with E-state index in [-0.39, 0.29) is 5.84 Å². The number of nitrogens with two attached hydrogens (primary N) is 1. The summed E-state index contributed by atoms with van der Waals surface area (Å²) in [5, 5.41) is 15.8. The average molecular weight is 205 g/mol. The first-order valence-electron chi connectivity index (χ1n) is 4.58. The van der Waals surface area contributed by atoms with Gasteiger partial charge in [0.2, 0.25) is 0 Å². The molecule has 0 unspecified atom stereocenters. The Morgan fingerprint density at radius 2 is 2.47 bits per heavy atom. The molecule has 15 heavy (non-hydrogen) atoms. The van der Waals surface area contributed by atoms with Crippen LogP contribution >= 0.6 is 0 Å². The highest BCUT2D eigenvalue weighted by atomic mass is 16.4. The highest BCUT2D eigenvalue weighted by Gasteiger charge is 2.09. The van der Waals surface area contributed by atoms with Crippen LogP contribution in [0, 0.1) is 0 Å². The SMILES string of the molecule is CCc1nc2c(/C(N)=N\O)cccn2n1. The molecule has 0 aliphatic rings. The summed E-state index contributed by atoms with van der Waals surface area (Å²) in [6, 6.07) is 3.51. The van der Waals surface area contributed by atoms with E-state index in [2.05, 4.69) is 15.2 Å². The molecule has 2 aromatic rings. The molecule has 0 amide bonds. The van der Waals surface area contributed by atoms with Gasteiger partial charge in [0, 0.05) is 12.6 Å². The van der Waals surface area contributed by atoms with Crippen LogP contribution in [0.15, 0.2) is 23.5 Å². The summed E-state index contributed by atoms with van der Waals surface area (Å²) >= 11 is 0. The third kappa shape index (κ3) is 1.50. The van der Waals surface area contributed by atoms with Crippen molar-refractivity contribution in [3.63, 3.8) is 0 Å². The second-order valence-corrected chi connectivity index (χ2v) is 3.06. The van der Waals surface area contributed by atoms with Crippen molar-refractivity contribution in [3.05, 3.63) is 29.7 Å². The fourth-order valence-corrected chi connectivity index (χ4v) is 1.35. The minimum absolute atomic E-state index is 0.0376. The van der Waals surface area contributed by atoms with E-state index < -0.39 is 0 Å². The first kappa shape index (κ1) is 9.45. The van der Waals surface area contributed by atoms with E-state index in [1.165, 1.54) is 0 Å². The first-order chi connectivity index (χ1) is 7.26. The summed E-state index contributed by atoms with van der Waals surface area (Å²) < 4.78 is 1.62. The molecule has 0 bridgehead atoms. The van der Waals surface area contributed by atoms with Gasteiger partial charge in [-0.15, -0.1) is 0 Å². The van der Waals surface area contributed by atoms with Crippen LogP contribution in [-0.4, -0.2) is 25.6 Å². The van der Waals surface area contributed by atoms with Gasteiger partial charge < -0.3 is 10.9 Å². The molecule has 0 atom stereocenters. The number of hydrogen-bond acceptors (Lipinski definition) is 4. The Bertz CT molecular complexity index is 516. The topological polar surface area (TPSA) is 88.8 Å². The zero-order valence-electron chi connectivity index (χ0n) is 8.25. The predicted molar refractivity (Wildman–Crippen MR) is 54.9 cm³/mol. The number of amidine groups is 1. The van der Waals surface area contributed by atoms with Crippen molar-refractivity contribution in [3.8, 4) is 0 Å². The summed E-state index contributed by atoms with van der Waals surface area (Å²) in [7, 11) is 0. The zero-order valence-corrected chi connectivity index (χ0v) is 8.25. The fourth-order valence-electron chi connectivity index (χ4n) is 1.35. The normalized spacial score (nSPS) is 12.2. The van der Waals surface area contributed by atoms with Gasteiger partial charge >= 0.3 is 0 Å². The summed E-state index contributed by atoms with van der Waals surface area (Å²) in [5.41, 5.74) is 6.71. The lowest BCUT2D eigenvalue weighted by atomic mass is 10.2. The van der Waals surface area contributed by atoms with Crippen molar-refractivity contribution in [2.75, 3.05) is 0 Å². The Kier molecular flexibility index (Phi) is 2.24. The Morgan fingerprint density at radius 1 is 1.67 bits per heavy atom. The van der Waals surface area contributed by atoms with Gasteiger partial charge in [-0.25, -0.2) is 9.50 Å². The molecule has 0 saturated carbocycles. The number of rotatable bonds is 2. The molecular weight excluding hydrogens is 194 g/mol. The lowest BCUT2D eigenvalue weighted by molar-refractivity contribution is 0.318. The van der Waals surface area contributed by atoms with E-state index in [1.54, 1.807) is 22.8 Å². The third-order valence-electron chi connectivity index (χ3n) is 2.11. The molecule has 2 heterocycles. The lowest BCUT2D eigenvalue weighted by Gasteiger charge is -1.98. The highest BCUT2D eigenvalue weighted by Crippen LogP contribution is 2.08. The van der Waals surface area contributed by atoms with Crippen LogP contribution in [0.1, 0.15) is 18.3 Å². The third-order valence-corrected chi connectivity index (χ3v) is 2.11. The molecule has 78 valence electrons. The number of aromatic nitrogens is 3. The Morgan fingerprint density at radius 3 is 3.13 bits per heavy atom. The minimum Gasteiger partial charge on any atom is -0.409 e. The smallest absolute Gasteiger partial charge is 0.173 e. The maximum atomic E-state index is 8.62. The van der Waals surface area contributed by atoms with Crippen molar-refractivity contribution in [1.82, 2.24) is 14.6 Å². The second kappa shape index (κ2) is 3.56. The largest absolute Gasteiger partial charge is 0.409 e. The Balaban J connectivity index is 2.69. The van der Waals surface area contributed by atoms with E-state index in [4.69, 9.17) is 10.9 Å². The van der Waals surface area contributed by atoms with E-state index in [1.807, 2.05) is 6.92 Å². The van der Waals surface area contributed by atoms with Crippen LogP contribution < -0.4 is 5.73 Å². The summed E-state index contributed by atoms with van der Waals surface area (Å²) in [6.45, 7) is 1.97. The van der Waals surface area contributed by atoms with Crippen LogP contribution in [0.25, 0.3) is 5.65 Å². The minimum atomic E-state index is 0.0376. The summed E-state index contributed by atoms with van der Waals surface area (Å²) in [4.78, 5) is 4.28. The number of pyridine rings is 1. The van der Waals surface area contributed by atoms with E-state index in [0.29, 0.717) is 11.2 Å². The fraction of sp³-hybridized carbons (Fsp3) is 0.222. The highest BCUT2D eigenvalue weighted by molar-refractivity contribution is 6.02. The molecule has 0 aromatic carbocycles. The van der Waals surface area contributed by atoms with Gasteiger partial charge in [0.15, 0.2) is 17.3 Å². The van der Waals surface area contributed by atoms with Gasteiger partial charge in [-0.1, -0.05) is 12.1 Å². The summed E-state index contributed by atoms with van der Waals surface area (Å²) in [5.74, 6) is 0.767. The quantitative estimate of drug-likeness (QED) is 0.321. The molecule has 6 heteroatoms. The van der Waals surface area contributed by atoms with Crippen LogP contribution in [-0.2, 0) is 6.42 Å². The zero-order chi connectivity index (χ0) is 10.8. The molecule has 2 aromatic heterocycles. The maximum absolute atomic E-state index is 8.62. The first-order valence-corrected chi connectivity index (χ1v) is 4.58. The molecule has 0 saturated heterocycles. The van der Waals surface area contributed by atoms with E-state index in [9.17, 15) is 0 Å². The molecular formula is C9H11N5O. The molecule has 0 aliphatic carbocycles. The Labute approximate surface area is 86.0 Å². The summed E-state index contributed by atoms with van der Waals surface area (Å²) in [6.07, 6.45) is 2.52. The lowest BCUT2D eigenvalue weighted by Crippen LogP contribution is -2.14. The van der Waals surface area contributed by atoms with Gasteiger partial charge in [0.05, 0.1) is 5.56 Å².